The van der Waals surface area contributed by atoms with Crippen LogP contribution in [-0.2, 0) is 16.1 Å². The summed E-state index contributed by atoms with van der Waals surface area (Å²) < 4.78 is 1.67. The molecule has 4 heterocycles. The van der Waals surface area contributed by atoms with Crippen LogP contribution in [0.15, 0.2) is 48.9 Å². The Labute approximate surface area is 239 Å². The van der Waals surface area contributed by atoms with E-state index in [-0.39, 0.29) is 36.2 Å². The largest absolute Gasteiger partial charge is 0.364 e. The lowest BCUT2D eigenvalue weighted by Crippen LogP contribution is -2.30. The van der Waals surface area contributed by atoms with Gasteiger partial charge in [0.2, 0.25) is 11.8 Å². The Morgan fingerprint density at radius 3 is 2.71 bits per heavy atom. The molecule has 1 aromatic carbocycles. The number of urea groups is 1. The highest BCUT2D eigenvalue weighted by molar-refractivity contribution is 6.30. The molecule has 1 saturated heterocycles. The molecule has 2 saturated carbocycles. The molecule has 0 spiro atoms. The van der Waals surface area contributed by atoms with Crippen molar-refractivity contribution in [2.24, 2.45) is 5.92 Å². The first kappa shape index (κ1) is 25.4. The average molecular weight is 572 g/mol. The van der Waals surface area contributed by atoms with E-state index in [4.69, 9.17) is 21.7 Å². The van der Waals surface area contributed by atoms with E-state index in [9.17, 15) is 14.4 Å². The zero-order chi connectivity index (χ0) is 28.2. The second kappa shape index (κ2) is 9.81. The number of hydrogen-bond donors (Lipinski definition) is 2. The van der Waals surface area contributed by atoms with Crippen LogP contribution in [0.3, 0.4) is 0 Å². The van der Waals surface area contributed by atoms with Gasteiger partial charge in [-0.15, -0.1) is 0 Å². The summed E-state index contributed by atoms with van der Waals surface area (Å²) in [4.78, 5) is 53.5. The molecule has 0 unspecified atom stereocenters. The van der Waals surface area contributed by atoms with Crippen molar-refractivity contribution in [1.82, 2.24) is 29.5 Å². The number of carbonyl (C=O) groups excluding carboxylic acids is 3. The van der Waals surface area contributed by atoms with Crippen molar-refractivity contribution >= 4 is 52.4 Å². The van der Waals surface area contributed by atoms with E-state index in [1.54, 1.807) is 16.8 Å². The molecule has 2 atom stereocenters. The van der Waals surface area contributed by atoms with Gasteiger partial charge in [0.25, 0.3) is 0 Å². The second-order valence-corrected chi connectivity index (χ2v) is 11.1. The van der Waals surface area contributed by atoms with E-state index >= 15 is 0 Å². The van der Waals surface area contributed by atoms with Gasteiger partial charge in [-0.25, -0.2) is 24.3 Å². The highest BCUT2D eigenvalue weighted by Crippen LogP contribution is 2.48. The number of anilines is 3. The van der Waals surface area contributed by atoms with Crippen LogP contribution in [0.25, 0.3) is 5.65 Å². The number of aromatic nitrogens is 5. The normalized spacial score (nSPS) is 20.1. The average Bonchev–Trinajstić information content (AvgIpc) is 3.89. The smallest absolute Gasteiger partial charge is 0.331 e. The maximum absolute atomic E-state index is 12.8. The molecule has 3 fully saturated rings. The predicted molar refractivity (Wildman–Crippen MR) is 151 cm³/mol. The van der Waals surface area contributed by atoms with Gasteiger partial charge in [0, 0.05) is 30.0 Å². The molecular weight excluding hydrogens is 546 g/mol. The molecule has 3 aliphatic rings. The molecule has 13 heteroatoms. The molecule has 0 radical (unpaired) electrons. The number of fused-ring (bicyclic) bond motifs is 1. The van der Waals surface area contributed by atoms with Crippen molar-refractivity contribution in [2.75, 3.05) is 29.1 Å². The van der Waals surface area contributed by atoms with Gasteiger partial charge in [0.1, 0.15) is 24.5 Å². The van der Waals surface area contributed by atoms with Gasteiger partial charge in [-0.2, -0.15) is 5.10 Å². The van der Waals surface area contributed by atoms with Crippen LogP contribution in [0.4, 0.5) is 22.1 Å². The Hall–Kier alpha value is -4.58. The Bertz CT molecular complexity index is 1720. The summed E-state index contributed by atoms with van der Waals surface area (Å²) in [5, 5.41) is 11.5. The zero-order valence-corrected chi connectivity index (χ0v) is 22.9. The minimum Gasteiger partial charge on any atom is -0.364 e. The van der Waals surface area contributed by atoms with Crippen molar-refractivity contribution in [1.29, 1.82) is 0 Å². The molecule has 7 rings (SSSR count). The summed E-state index contributed by atoms with van der Waals surface area (Å²) in [6.07, 6.45) is 6.04. The van der Waals surface area contributed by atoms with Crippen LogP contribution in [0, 0.1) is 5.92 Å². The Balaban J connectivity index is 1.05. The summed E-state index contributed by atoms with van der Waals surface area (Å²) in [7, 11) is 1.48. The first-order chi connectivity index (χ1) is 19.8. The van der Waals surface area contributed by atoms with Crippen molar-refractivity contribution in [2.45, 2.75) is 37.6 Å². The van der Waals surface area contributed by atoms with E-state index in [1.165, 1.54) is 18.3 Å². The fourth-order valence-electron chi connectivity index (χ4n) is 5.19. The molecule has 0 bridgehead atoms. The number of rotatable bonds is 8. The van der Waals surface area contributed by atoms with Crippen LogP contribution < -0.4 is 15.5 Å². The van der Waals surface area contributed by atoms with Gasteiger partial charge in [-0.05, 0) is 48.9 Å². The number of likely N-dealkylation sites (N-methyl/N-ethyl adjacent to an activating group) is 1. The highest BCUT2D eigenvalue weighted by atomic mass is 35.5. The van der Waals surface area contributed by atoms with Crippen LogP contribution in [-0.4, -0.2) is 60.9 Å². The van der Waals surface area contributed by atoms with Crippen molar-refractivity contribution in [3.63, 3.8) is 0 Å². The first-order valence-corrected chi connectivity index (χ1v) is 13.8. The number of imide groups is 1. The van der Waals surface area contributed by atoms with Gasteiger partial charge in [0.15, 0.2) is 5.65 Å². The fraction of sp³-hybridized carbons (Fsp3) is 0.321. The third-order valence-electron chi connectivity index (χ3n) is 7.72. The molecule has 4 amide bonds. The van der Waals surface area contributed by atoms with Crippen LogP contribution in [0.5, 0.6) is 0 Å². The third kappa shape index (κ3) is 4.95. The molecule has 1 aliphatic heterocycles. The van der Waals surface area contributed by atoms with Crippen LogP contribution in [0.1, 0.15) is 48.0 Å². The lowest BCUT2D eigenvalue weighted by Gasteiger charge is -2.16. The topological polar surface area (TPSA) is 138 Å². The van der Waals surface area contributed by atoms with E-state index in [2.05, 4.69) is 20.6 Å². The third-order valence-corrected chi connectivity index (χ3v) is 7.95. The number of amides is 4. The number of hydrogen-bond acceptors (Lipinski definition) is 8. The number of imidazole rings is 1. The Morgan fingerprint density at radius 2 is 1.95 bits per heavy atom. The van der Waals surface area contributed by atoms with Crippen LogP contribution >= 0.6 is 11.6 Å². The summed E-state index contributed by atoms with van der Waals surface area (Å²) >= 11 is 6.10. The second-order valence-electron chi connectivity index (χ2n) is 10.7. The van der Waals surface area contributed by atoms with Crippen molar-refractivity contribution in [3.05, 3.63) is 70.9 Å². The number of nitrogens with zero attached hydrogens (tertiary/aromatic N) is 7. The van der Waals surface area contributed by atoms with Gasteiger partial charge in [-0.1, -0.05) is 23.7 Å². The van der Waals surface area contributed by atoms with Crippen molar-refractivity contribution < 1.29 is 14.4 Å². The molecule has 3 aromatic heterocycles. The van der Waals surface area contributed by atoms with E-state index in [0.29, 0.717) is 46.1 Å². The first-order valence-electron chi connectivity index (χ1n) is 13.4. The van der Waals surface area contributed by atoms with Crippen molar-refractivity contribution in [3.8, 4) is 0 Å². The SMILES string of the molecule is CN1C(=O)CN(c2cc(C3CC3)nn3cc(CNc4cc(NC(=O)[C@H]5C[C@@H]5c5cccc(Cl)c5)ncn4)nc23)C1=O. The quantitative estimate of drug-likeness (QED) is 0.305. The summed E-state index contributed by atoms with van der Waals surface area (Å²) in [5.74, 6) is 0.931. The molecular formula is C28H26ClN9O3. The standard InChI is InChI=1S/C28H26ClN9O3/c1-36-25(39)13-37(28(36)41)22-9-21(15-5-6-15)35-38-12-18(33-26(22)38)11-30-23-10-24(32-14-31-23)34-27(40)20-8-19(20)16-3-2-4-17(29)7-16/h2-4,7,9-10,12,14-15,19-20H,5-6,8,11,13H2,1H3,(H2,30,31,32,34,40)/t19-,20+/m1/s1. The number of halogens is 1. The van der Waals surface area contributed by atoms with E-state index in [1.807, 2.05) is 30.3 Å². The molecule has 208 valence electrons. The van der Waals surface area contributed by atoms with Gasteiger partial charge in [-0.3, -0.25) is 19.4 Å². The molecule has 12 nitrogen and oxygen atoms in total. The lowest BCUT2D eigenvalue weighted by molar-refractivity contribution is -0.124. The Morgan fingerprint density at radius 1 is 1.12 bits per heavy atom. The predicted octanol–water partition coefficient (Wildman–Crippen LogP) is 3.80. The summed E-state index contributed by atoms with van der Waals surface area (Å²) in [6.45, 7) is 0.286. The highest BCUT2D eigenvalue weighted by Gasteiger charge is 2.44. The fourth-order valence-corrected chi connectivity index (χ4v) is 5.39. The summed E-state index contributed by atoms with van der Waals surface area (Å²) in [6, 6.07) is 10.8. The van der Waals surface area contributed by atoms with Gasteiger partial charge < -0.3 is 10.6 Å². The summed E-state index contributed by atoms with van der Waals surface area (Å²) in [5.41, 5.74) is 3.68. The molecule has 4 aromatic rings. The maximum atomic E-state index is 12.8. The number of benzene rings is 1. The van der Waals surface area contributed by atoms with Gasteiger partial charge in [0.05, 0.1) is 29.8 Å². The molecule has 41 heavy (non-hydrogen) atoms. The van der Waals surface area contributed by atoms with E-state index in [0.717, 1.165) is 35.4 Å². The molecule has 2 N–H and O–H groups in total. The molecule has 2 aliphatic carbocycles. The number of carbonyl (C=O) groups is 3. The van der Waals surface area contributed by atoms with E-state index < -0.39 is 0 Å². The monoisotopic (exact) mass is 571 g/mol. The minimum atomic E-state index is -0.381. The minimum absolute atomic E-state index is 0.0321. The lowest BCUT2D eigenvalue weighted by atomic mass is 10.1. The maximum Gasteiger partial charge on any atom is 0.331 e. The number of nitrogens with one attached hydrogen (secondary N) is 2. The van der Waals surface area contributed by atoms with Gasteiger partial charge >= 0.3 is 6.03 Å². The zero-order valence-electron chi connectivity index (χ0n) is 22.1. The van der Waals surface area contributed by atoms with Crippen LogP contribution in [0.2, 0.25) is 5.02 Å². The Kier molecular flexibility index (Phi) is 6.07.